The van der Waals surface area contributed by atoms with Gasteiger partial charge in [0, 0.05) is 33.6 Å². The van der Waals surface area contributed by atoms with Gasteiger partial charge in [-0.05, 0) is 63.6 Å². The number of nitrogens with one attached hydrogen (secondary N) is 2. The van der Waals surface area contributed by atoms with Crippen LogP contribution in [0.25, 0.3) is 0 Å². The van der Waals surface area contributed by atoms with Crippen LogP contribution in [0, 0.1) is 27.7 Å². The average Bonchev–Trinajstić information content (AvgIpc) is 3.05. The molecule has 7 heteroatoms. The largest absolute Gasteiger partial charge is 0.342 e. The van der Waals surface area contributed by atoms with Crippen LogP contribution < -0.4 is 10.6 Å². The summed E-state index contributed by atoms with van der Waals surface area (Å²) >= 11 is 1.56. The summed E-state index contributed by atoms with van der Waals surface area (Å²) in [5, 5.41) is 7.38. The van der Waals surface area contributed by atoms with Crippen molar-refractivity contribution in [2.45, 2.75) is 33.7 Å². The predicted octanol–water partition coefficient (Wildman–Crippen LogP) is 5.62. The Bertz CT molecular complexity index is 1220. The summed E-state index contributed by atoms with van der Waals surface area (Å²) in [6.07, 6.45) is 1.77. The van der Waals surface area contributed by atoms with Crippen LogP contribution >= 0.6 is 11.3 Å². The van der Waals surface area contributed by atoms with Gasteiger partial charge in [-0.25, -0.2) is 9.97 Å². The molecule has 0 spiro atoms. The van der Waals surface area contributed by atoms with Gasteiger partial charge >= 0.3 is 0 Å². The van der Waals surface area contributed by atoms with Crippen molar-refractivity contribution in [1.82, 2.24) is 15.0 Å². The summed E-state index contributed by atoms with van der Waals surface area (Å²) in [5.74, 6) is 0.386. The molecular formula is C25H25N5OS. The molecule has 1 aromatic carbocycles. The van der Waals surface area contributed by atoms with Crippen LogP contribution in [0.5, 0.6) is 0 Å². The fraction of sp³-hybridized carbons (Fsp3) is 0.200. The van der Waals surface area contributed by atoms with E-state index in [2.05, 4.69) is 39.4 Å². The fourth-order valence-corrected chi connectivity index (χ4v) is 4.70. The van der Waals surface area contributed by atoms with Crippen LogP contribution in [0.2, 0.25) is 0 Å². The van der Waals surface area contributed by atoms with Crippen LogP contribution in [0.15, 0.2) is 60.8 Å². The lowest BCUT2D eigenvalue weighted by molar-refractivity contribution is 0.102. The van der Waals surface area contributed by atoms with Crippen molar-refractivity contribution >= 4 is 28.2 Å². The number of pyridine rings is 1. The Morgan fingerprint density at radius 3 is 2.28 bits per heavy atom. The van der Waals surface area contributed by atoms with E-state index in [-0.39, 0.29) is 11.9 Å². The van der Waals surface area contributed by atoms with E-state index in [1.807, 2.05) is 56.3 Å². The normalized spacial score (nSPS) is 11.8. The van der Waals surface area contributed by atoms with Gasteiger partial charge < -0.3 is 10.6 Å². The minimum atomic E-state index is -0.326. The van der Waals surface area contributed by atoms with E-state index < -0.39 is 0 Å². The minimum absolute atomic E-state index is 0.143. The van der Waals surface area contributed by atoms with Crippen molar-refractivity contribution in [3.05, 3.63) is 99.4 Å². The lowest BCUT2D eigenvalue weighted by Crippen LogP contribution is -2.19. The maximum absolute atomic E-state index is 12.9. The van der Waals surface area contributed by atoms with Crippen LogP contribution in [0.1, 0.15) is 49.5 Å². The molecule has 0 fully saturated rings. The van der Waals surface area contributed by atoms with Gasteiger partial charge in [0.1, 0.15) is 5.00 Å². The Labute approximate surface area is 191 Å². The highest BCUT2D eigenvalue weighted by Gasteiger charge is 2.26. The van der Waals surface area contributed by atoms with E-state index in [0.29, 0.717) is 11.5 Å². The third-order valence-electron chi connectivity index (χ3n) is 5.22. The number of amides is 1. The highest BCUT2D eigenvalue weighted by molar-refractivity contribution is 7.16. The van der Waals surface area contributed by atoms with E-state index in [1.54, 1.807) is 29.7 Å². The molecule has 0 aliphatic carbocycles. The number of thiophene rings is 1. The second kappa shape index (κ2) is 9.28. The highest BCUT2D eigenvalue weighted by Crippen LogP contribution is 2.40. The number of aromatic nitrogens is 3. The Morgan fingerprint density at radius 2 is 1.62 bits per heavy atom. The van der Waals surface area contributed by atoms with Gasteiger partial charge in [-0.3, -0.25) is 9.78 Å². The van der Waals surface area contributed by atoms with Gasteiger partial charge in [0.15, 0.2) is 0 Å². The monoisotopic (exact) mass is 443 g/mol. The number of rotatable bonds is 6. The van der Waals surface area contributed by atoms with Crippen molar-refractivity contribution in [1.29, 1.82) is 0 Å². The number of hydrogen-bond donors (Lipinski definition) is 2. The molecule has 32 heavy (non-hydrogen) atoms. The standard InChI is InChI=1S/C25H25N5OS/c1-15-14-16(2)28-25(27-15)29-22(20-12-8-9-13-26-20)21-17(3)18(4)32-24(21)30-23(31)19-10-6-5-7-11-19/h5-14,22H,1-4H3,(H,30,31)(H,27,28,29)/t22-/m0/s1. The Balaban J connectivity index is 1.78. The number of carbonyl (C=O) groups is 1. The third kappa shape index (κ3) is 4.68. The molecule has 0 bridgehead atoms. The van der Waals surface area contributed by atoms with E-state index >= 15 is 0 Å². The Morgan fingerprint density at radius 1 is 0.938 bits per heavy atom. The molecule has 0 aliphatic heterocycles. The SMILES string of the molecule is Cc1cc(C)nc(N[C@@H](c2ccccn2)c2c(NC(=O)c3ccccc3)sc(C)c2C)n1. The Hall–Kier alpha value is -3.58. The van der Waals surface area contributed by atoms with Gasteiger partial charge in [-0.2, -0.15) is 0 Å². The molecular weight excluding hydrogens is 418 g/mol. The van der Waals surface area contributed by atoms with Crippen LogP contribution in [0.4, 0.5) is 10.9 Å². The topological polar surface area (TPSA) is 79.8 Å². The maximum Gasteiger partial charge on any atom is 0.256 e. The summed E-state index contributed by atoms with van der Waals surface area (Å²) in [6, 6.07) is 16.6. The van der Waals surface area contributed by atoms with Crippen molar-refractivity contribution in [3.63, 3.8) is 0 Å². The second-order valence-electron chi connectivity index (χ2n) is 7.65. The first-order chi connectivity index (χ1) is 15.4. The van der Waals surface area contributed by atoms with Gasteiger partial charge in [0.05, 0.1) is 11.7 Å². The molecule has 0 radical (unpaired) electrons. The summed E-state index contributed by atoms with van der Waals surface area (Å²) < 4.78 is 0. The zero-order valence-electron chi connectivity index (χ0n) is 18.5. The molecule has 0 aliphatic rings. The van der Waals surface area contributed by atoms with E-state index in [4.69, 9.17) is 0 Å². The molecule has 6 nitrogen and oxygen atoms in total. The van der Waals surface area contributed by atoms with Crippen molar-refractivity contribution in [2.24, 2.45) is 0 Å². The number of nitrogens with zero attached hydrogens (tertiary/aromatic N) is 3. The van der Waals surface area contributed by atoms with Gasteiger partial charge in [-0.15, -0.1) is 11.3 Å². The number of hydrogen-bond acceptors (Lipinski definition) is 6. The van der Waals surface area contributed by atoms with Gasteiger partial charge in [0.2, 0.25) is 5.95 Å². The first-order valence-corrected chi connectivity index (χ1v) is 11.2. The number of benzene rings is 1. The average molecular weight is 444 g/mol. The van der Waals surface area contributed by atoms with Crippen LogP contribution in [-0.2, 0) is 0 Å². The Kier molecular flexibility index (Phi) is 6.28. The van der Waals surface area contributed by atoms with Crippen LogP contribution in [0.3, 0.4) is 0 Å². The second-order valence-corrected chi connectivity index (χ2v) is 8.88. The van der Waals surface area contributed by atoms with Gasteiger partial charge in [0.25, 0.3) is 5.91 Å². The lowest BCUT2D eigenvalue weighted by Gasteiger charge is -2.21. The van der Waals surface area contributed by atoms with E-state index in [0.717, 1.165) is 38.1 Å². The molecule has 4 aromatic rings. The molecule has 0 saturated carbocycles. The molecule has 1 atom stereocenters. The van der Waals surface area contributed by atoms with Crippen molar-refractivity contribution in [3.8, 4) is 0 Å². The fourth-order valence-electron chi connectivity index (χ4n) is 3.61. The highest BCUT2D eigenvalue weighted by atomic mass is 32.1. The summed E-state index contributed by atoms with van der Waals surface area (Å²) in [6.45, 7) is 8.02. The maximum atomic E-state index is 12.9. The predicted molar refractivity (Wildman–Crippen MR) is 129 cm³/mol. The molecule has 2 N–H and O–H groups in total. The molecule has 1 amide bonds. The smallest absolute Gasteiger partial charge is 0.256 e. The molecule has 0 unspecified atom stereocenters. The zero-order valence-corrected chi connectivity index (χ0v) is 19.3. The third-order valence-corrected chi connectivity index (χ3v) is 6.36. The van der Waals surface area contributed by atoms with Crippen molar-refractivity contribution in [2.75, 3.05) is 10.6 Å². The van der Waals surface area contributed by atoms with Crippen molar-refractivity contribution < 1.29 is 4.79 Å². The zero-order chi connectivity index (χ0) is 22.7. The number of carbonyl (C=O) groups excluding carboxylic acids is 1. The summed E-state index contributed by atoms with van der Waals surface area (Å²) in [7, 11) is 0. The van der Waals surface area contributed by atoms with E-state index in [9.17, 15) is 4.79 Å². The first kappa shape index (κ1) is 21.6. The molecule has 0 saturated heterocycles. The van der Waals surface area contributed by atoms with Gasteiger partial charge in [-0.1, -0.05) is 24.3 Å². The number of aryl methyl sites for hydroxylation is 3. The number of anilines is 2. The summed E-state index contributed by atoms with van der Waals surface area (Å²) in [5.41, 5.74) is 5.28. The molecule has 4 rings (SSSR count). The first-order valence-electron chi connectivity index (χ1n) is 10.4. The minimum Gasteiger partial charge on any atom is -0.342 e. The molecule has 3 aromatic heterocycles. The van der Waals surface area contributed by atoms with E-state index in [1.165, 1.54) is 0 Å². The summed E-state index contributed by atoms with van der Waals surface area (Å²) in [4.78, 5) is 27.8. The quantitative estimate of drug-likeness (QED) is 0.404. The molecule has 3 heterocycles. The lowest BCUT2D eigenvalue weighted by atomic mass is 10.00. The van der Waals surface area contributed by atoms with Crippen LogP contribution in [-0.4, -0.2) is 20.9 Å². The molecule has 162 valence electrons.